The molecule has 2 saturated heterocycles. The van der Waals surface area contributed by atoms with Gasteiger partial charge in [-0.2, -0.15) is 0 Å². The minimum Gasteiger partial charge on any atom is -0.628 e. The van der Waals surface area contributed by atoms with E-state index in [9.17, 15) is 14.8 Å². The number of hydroxylamine groups is 1. The molecule has 11 heteroatoms. The Balaban J connectivity index is 1.22. The first-order valence-corrected chi connectivity index (χ1v) is 12.0. The van der Waals surface area contributed by atoms with Crippen molar-refractivity contribution in [3.63, 3.8) is 0 Å². The van der Waals surface area contributed by atoms with Crippen LogP contribution in [0.1, 0.15) is 0 Å². The van der Waals surface area contributed by atoms with Crippen LogP contribution in [0.25, 0.3) is 10.1 Å². The first-order chi connectivity index (χ1) is 16.5. The molecule has 0 aliphatic carbocycles. The van der Waals surface area contributed by atoms with Crippen molar-refractivity contribution in [2.24, 2.45) is 0 Å². The summed E-state index contributed by atoms with van der Waals surface area (Å²) in [6.45, 7) is 1.21. The summed E-state index contributed by atoms with van der Waals surface area (Å²) in [7, 11) is 0. The van der Waals surface area contributed by atoms with Gasteiger partial charge in [0.25, 0.3) is 5.91 Å². The van der Waals surface area contributed by atoms with Gasteiger partial charge in [0.1, 0.15) is 31.5 Å². The van der Waals surface area contributed by atoms with Crippen molar-refractivity contribution in [3.8, 4) is 5.75 Å². The van der Waals surface area contributed by atoms with Crippen LogP contribution in [0.5, 0.6) is 5.75 Å². The van der Waals surface area contributed by atoms with E-state index < -0.39 is 18.2 Å². The van der Waals surface area contributed by atoms with Gasteiger partial charge >= 0.3 is 6.09 Å². The summed E-state index contributed by atoms with van der Waals surface area (Å²) in [5, 5.41) is 15.0. The third-order valence-electron chi connectivity index (χ3n) is 6.28. The Hall–Kier alpha value is -2.89. The van der Waals surface area contributed by atoms with Crippen LogP contribution in [-0.4, -0.2) is 57.1 Å². The Kier molecular flexibility index (Phi) is 5.34. The Morgan fingerprint density at radius 2 is 2.09 bits per heavy atom. The van der Waals surface area contributed by atoms with Gasteiger partial charge in [-0.25, -0.2) is 4.79 Å². The molecule has 0 spiro atoms. The van der Waals surface area contributed by atoms with Crippen molar-refractivity contribution in [1.29, 1.82) is 0 Å². The van der Waals surface area contributed by atoms with Gasteiger partial charge in [-0.05, 0) is 18.2 Å². The molecule has 1 unspecified atom stereocenters. The zero-order valence-electron chi connectivity index (χ0n) is 17.9. The molecule has 0 bridgehead atoms. The monoisotopic (exact) mass is 501 g/mol. The van der Waals surface area contributed by atoms with Crippen molar-refractivity contribution >= 4 is 61.4 Å². The summed E-state index contributed by atoms with van der Waals surface area (Å²) in [4.78, 5) is 28.1. The zero-order valence-corrected chi connectivity index (χ0v) is 19.4. The second-order valence-electron chi connectivity index (χ2n) is 8.32. The van der Waals surface area contributed by atoms with E-state index in [1.54, 1.807) is 34.1 Å². The number of hydrogen-bond donors (Lipinski definition) is 1. The number of nitrogens with zero attached hydrogens (tertiary/aromatic N) is 2. The van der Waals surface area contributed by atoms with Gasteiger partial charge in [0.2, 0.25) is 0 Å². The third-order valence-corrected chi connectivity index (χ3v) is 7.93. The van der Waals surface area contributed by atoms with E-state index in [-0.39, 0.29) is 30.7 Å². The van der Waals surface area contributed by atoms with Crippen LogP contribution in [0.4, 0.5) is 21.2 Å². The van der Waals surface area contributed by atoms with Gasteiger partial charge in [-0.1, -0.05) is 35.1 Å². The number of carbonyl (C=O) groups is 2. The molecule has 6 rings (SSSR count). The Morgan fingerprint density at radius 1 is 1.21 bits per heavy atom. The maximum absolute atomic E-state index is 13.0. The molecule has 1 aromatic heterocycles. The van der Waals surface area contributed by atoms with Crippen LogP contribution >= 0.6 is 22.9 Å². The normalized spacial score (nSPS) is 22.9. The number of benzene rings is 2. The van der Waals surface area contributed by atoms with Crippen LogP contribution in [0.15, 0.2) is 42.5 Å². The zero-order chi connectivity index (χ0) is 23.4. The molecular weight excluding hydrogens is 482 g/mol. The molecule has 176 valence electrons. The molecule has 34 heavy (non-hydrogen) atoms. The minimum atomic E-state index is -0.630. The molecule has 2 aromatic carbocycles. The van der Waals surface area contributed by atoms with Crippen molar-refractivity contribution in [2.75, 3.05) is 42.7 Å². The number of anilines is 2. The lowest BCUT2D eigenvalue weighted by Gasteiger charge is -2.33. The fourth-order valence-corrected chi connectivity index (χ4v) is 5.91. The predicted octanol–water partition coefficient (Wildman–Crippen LogP) is 2.72. The Labute approximate surface area is 203 Å². The fourth-order valence-electron chi connectivity index (χ4n) is 4.60. The van der Waals surface area contributed by atoms with E-state index in [0.29, 0.717) is 40.3 Å². The van der Waals surface area contributed by atoms with Gasteiger partial charge in [-0.15, -0.1) is 0 Å². The maximum Gasteiger partial charge on any atom is 0.415 e. The standard InChI is InChI=1S/C23H20ClN3O6S/c24-15-3-1-2-13-8-21(34-22(13)15)26(30)10-19-17-11-32-18-9-14(25-6-7-31-12-20(25)28)4-5-16(18)27(17)23(29)33-19/h1-5,8-9,17,19,26H,6-7,10-12H2/t17-,19-/m0/s1. The molecule has 0 saturated carbocycles. The number of carbonyl (C=O) groups excluding carboxylic acids is 2. The Bertz CT molecular complexity index is 1300. The predicted molar refractivity (Wildman–Crippen MR) is 127 cm³/mol. The lowest BCUT2D eigenvalue weighted by atomic mass is 10.1. The highest BCUT2D eigenvalue weighted by atomic mass is 35.5. The molecule has 2 amide bonds. The number of halogens is 1. The highest BCUT2D eigenvalue weighted by Crippen LogP contribution is 2.41. The maximum atomic E-state index is 13.0. The smallest absolute Gasteiger partial charge is 0.415 e. The summed E-state index contributed by atoms with van der Waals surface area (Å²) in [5.74, 6) is 0.373. The van der Waals surface area contributed by atoms with Crippen molar-refractivity contribution in [3.05, 3.63) is 52.7 Å². The first-order valence-electron chi connectivity index (χ1n) is 10.9. The molecule has 3 aromatic rings. The van der Waals surface area contributed by atoms with E-state index in [0.717, 1.165) is 10.1 Å². The summed E-state index contributed by atoms with van der Waals surface area (Å²) in [5.41, 5.74) is 1.25. The van der Waals surface area contributed by atoms with E-state index in [2.05, 4.69) is 0 Å². The number of nitrogens with one attached hydrogen (secondary N) is 1. The number of fused-ring (bicyclic) bond motifs is 4. The molecule has 1 N–H and O–H groups in total. The second-order valence-corrected chi connectivity index (χ2v) is 9.78. The van der Waals surface area contributed by atoms with Gasteiger partial charge in [0, 0.05) is 29.8 Å². The average molecular weight is 502 g/mol. The van der Waals surface area contributed by atoms with E-state index in [1.165, 1.54) is 11.3 Å². The number of rotatable bonds is 4. The molecule has 4 heterocycles. The molecule has 0 radical (unpaired) electrons. The van der Waals surface area contributed by atoms with Gasteiger partial charge in [0.05, 0.1) is 22.0 Å². The van der Waals surface area contributed by atoms with Crippen molar-refractivity contribution in [1.82, 2.24) is 0 Å². The van der Waals surface area contributed by atoms with Crippen LogP contribution in [0.3, 0.4) is 0 Å². The van der Waals surface area contributed by atoms with Gasteiger partial charge < -0.3 is 29.4 Å². The highest BCUT2D eigenvalue weighted by molar-refractivity contribution is 7.22. The summed E-state index contributed by atoms with van der Waals surface area (Å²) < 4.78 is 17.6. The fraction of sp³-hybridized carbons (Fsp3) is 0.304. The second kappa shape index (κ2) is 8.40. The van der Waals surface area contributed by atoms with Crippen molar-refractivity contribution in [2.45, 2.75) is 12.1 Å². The SMILES string of the molecule is O=C1COCCN1c1ccc2c(c1)OC[C@H]1[C@H](C[NH+]([O-])c3cc4cccc(Cl)c4s3)OC(=O)N21. The molecule has 2 fully saturated rings. The molecule has 3 aliphatic heterocycles. The Morgan fingerprint density at radius 3 is 2.91 bits per heavy atom. The number of amides is 2. The van der Waals surface area contributed by atoms with E-state index in [1.807, 2.05) is 18.2 Å². The molecule has 3 aliphatic rings. The number of morpholine rings is 1. The largest absolute Gasteiger partial charge is 0.628 e. The molecule has 3 atom stereocenters. The van der Waals surface area contributed by atoms with Crippen LogP contribution in [-0.2, 0) is 14.3 Å². The van der Waals surface area contributed by atoms with E-state index >= 15 is 0 Å². The first kappa shape index (κ1) is 21.6. The van der Waals surface area contributed by atoms with E-state index in [4.69, 9.17) is 25.8 Å². The molecule has 9 nitrogen and oxygen atoms in total. The summed E-state index contributed by atoms with van der Waals surface area (Å²) >= 11 is 7.59. The number of quaternary nitrogens is 1. The number of hydrogen-bond acceptors (Lipinski definition) is 7. The van der Waals surface area contributed by atoms with Gasteiger partial charge in [-0.3, -0.25) is 9.69 Å². The molecular formula is C23H20ClN3O6S. The summed E-state index contributed by atoms with van der Waals surface area (Å²) in [6, 6.07) is 12.2. The number of ether oxygens (including phenoxy) is 3. The van der Waals surface area contributed by atoms with Crippen LogP contribution in [0.2, 0.25) is 5.02 Å². The lowest BCUT2D eigenvalue weighted by molar-refractivity contribution is -0.777. The average Bonchev–Trinajstić information content (AvgIpc) is 3.41. The lowest BCUT2D eigenvalue weighted by Crippen LogP contribution is -3.03. The highest BCUT2D eigenvalue weighted by Gasteiger charge is 2.48. The van der Waals surface area contributed by atoms with Crippen LogP contribution in [0, 0.1) is 5.21 Å². The number of cyclic esters (lactones) is 1. The van der Waals surface area contributed by atoms with Gasteiger partial charge in [0.15, 0.2) is 11.1 Å². The van der Waals surface area contributed by atoms with Crippen LogP contribution < -0.4 is 19.6 Å². The topological polar surface area (TPSA) is 95.8 Å². The third kappa shape index (κ3) is 3.58. The minimum absolute atomic E-state index is 0.0418. The van der Waals surface area contributed by atoms with Crippen molar-refractivity contribution < 1.29 is 28.9 Å². The summed E-state index contributed by atoms with van der Waals surface area (Å²) in [6.07, 6.45) is -1.14. The quantitative estimate of drug-likeness (QED) is 0.552. The number of thiophene rings is 1.